The molecule has 2 rings (SSSR count). The van der Waals surface area contributed by atoms with Crippen molar-refractivity contribution in [2.45, 2.75) is 31.2 Å². The lowest BCUT2D eigenvalue weighted by molar-refractivity contribution is -0.137. The zero-order chi connectivity index (χ0) is 20.0. The first kappa shape index (κ1) is 21.1. The summed E-state index contributed by atoms with van der Waals surface area (Å²) in [5.74, 6) is -0.938. The number of nitrogens with zero attached hydrogens (tertiary/aromatic N) is 1. The van der Waals surface area contributed by atoms with Crippen molar-refractivity contribution >= 4 is 11.8 Å². The van der Waals surface area contributed by atoms with Crippen LogP contribution < -0.4 is 10.6 Å². The van der Waals surface area contributed by atoms with E-state index in [-0.39, 0.29) is 13.0 Å². The van der Waals surface area contributed by atoms with E-state index in [1.54, 1.807) is 4.90 Å². The van der Waals surface area contributed by atoms with E-state index in [9.17, 15) is 22.8 Å². The van der Waals surface area contributed by atoms with Crippen molar-refractivity contribution in [3.8, 4) is 0 Å². The zero-order valence-electron chi connectivity index (χ0n) is 14.5. The number of alkyl halides is 3. The van der Waals surface area contributed by atoms with Crippen LogP contribution in [0.2, 0.25) is 0 Å². The smallest absolute Gasteiger partial charge is 0.394 e. The summed E-state index contributed by atoms with van der Waals surface area (Å²) in [6.45, 7) is -0.117. The van der Waals surface area contributed by atoms with Crippen molar-refractivity contribution in [1.82, 2.24) is 15.5 Å². The lowest BCUT2D eigenvalue weighted by Crippen LogP contribution is -2.56. The number of carbonyl (C=O) groups is 2. The lowest BCUT2D eigenvalue weighted by Gasteiger charge is -2.35. The molecule has 4 N–H and O–H groups in total. The Kier molecular flexibility index (Phi) is 7.17. The largest absolute Gasteiger partial charge is 0.416 e. The van der Waals surface area contributed by atoms with Crippen LogP contribution in [0.1, 0.15) is 17.5 Å². The van der Waals surface area contributed by atoms with Crippen molar-refractivity contribution in [3.05, 3.63) is 35.4 Å². The van der Waals surface area contributed by atoms with Crippen LogP contribution in [0, 0.1) is 0 Å². The SMILES string of the molecule is O=C(CC1C(=O)NCCN1Cc1cccc(C(F)(F)F)c1)NC(CO)CO. The number of halogens is 3. The Morgan fingerprint density at radius 2 is 2.04 bits per heavy atom. The molecule has 1 saturated heterocycles. The van der Waals surface area contributed by atoms with Gasteiger partial charge in [-0.25, -0.2) is 0 Å². The van der Waals surface area contributed by atoms with Gasteiger partial charge in [0, 0.05) is 19.6 Å². The highest BCUT2D eigenvalue weighted by atomic mass is 19.4. The topological polar surface area (TPSA) is 102 Å². The van der Waals surface area contributed by atoms with Crippen molar-refractivity contribution in [3.63, 3.8) is 0 Å². The maximum absolute atomic E-state index is 12.9. The minimum atomic E-state index is -4.46. The Hall–Kier alpha value is -2.17. The number of aliphatic hydroxyl groups is 2. The number of hydrogen-bond donors (Lipinski definition) is 4. The molecule has 1 aliphatic rings. The van der Waals surface area contributed by atoms with Crippen LogP contribution in [0.5, 0.6) is 0 Å². The third kappa shape index (κ3) is 5.91. The molecule has 1 aromatic carbocycles. The number of nitrogens with one attached hydrogen (secondary N) is 2. The minimum absolute atomic E-state index is 0.0821. The molecule has 2 amide bonds. The number of carbonyl (C=O) groups excluding carboxylic acids is 2. The molecule has 150 valence electrons. The molecule has 0 aromatic heterocycles. The summed E-state index contributed by atoms with van der Waals surface area (Å²) in [5.41, 5.74) is -0.391. The van der Waals surface area contributed by atoms with Crippen LogP contribution in [0.25, 0.3) is 0 Å². The molecule has 27 heavy (non-hydrogen) atoms. The molecule has 10 heteroatoms. The molecule has 7 nitrogen and oxygen atoms in total. The van der Waals surface area contributed by atoms with E-state index >= 15 is 0 Å². The van der Waals surface area contributed by atoms with Gasteiger partial charge in [0.05, 0.1) is 37.3 Å². The summed E-state index contributed by atoms with van der Waals surface area (Å²) in [4.78, 5) is 25.9. The van der Waals surface area contributed by atoms with E-state index in [2.05, 4.69) is 10.6 Å². The van der Waals surface area contributed by atoms with Gasteiger partial charge in [0.1, 0.15) is 0 Å². The third-order valence-electron chi connectivity index (χ3n) is 4.27. The summed E-state index contributed by atoms with van der Waals surface area (Å²) in [5, 5.41) is 23.1. The van der Waals surface area contributed by atoms with E-state index in [1.807, 2.05) is 0 Å². The number of hydrogen-bond acceptors (Lipinski definition) is 5. The first-order chi connectivity index (χ1) is 12.7. The molecule has 1 heterocycles. The average Bonchev–Trinajstić information content (AvgIpc) is 2.62. The van der Waals surface area contributed by atoms with Crippen LogP contribution in [0.3, 0.4) is 0 Å². The second-order valence-corrected chi connectivity index (χ2v) is 6.31. The van der Waals surface area contributed by atoms with Crippen molar-refractivity contribution < 1.29 is 33.0 Å². The van der Waals surface area contributed by atoms with Gasteiger partial charge in [-0.05, 0) is 11.6 Å². The molecule has 0 saturated carbocycles. The maximum Gasteiger partial charge on any atom is 0.416 e. The standard InChI is InChI=1S/C17H22F3N3O4/c18-17(19,20)12-3-1-2-11(6-12)8-23-5-4-21-16(27)14(23)7-15(26)22-13(9-24)10-25/h1-3,6,13-14,24-25H,4-5,7-10H2,(H,21,27)(H,22,26). The van der Waals surface area contributed by atoms with Crippen molar-refractivity contribution in [2.75, 3.05) is 26.3 Å². The molecule has 0 aliphatic carbocycles. The fourth-order valence-electron chi connectivity index (χ4n) is 2.86. The van der Waals surface area contributed by atoms with E-state index in [4.69, 9.17) is 10.2 Å². The molecular formula is C17H22F3N3O4. The lowest BCUT2D eigenvalue weighted by atomic mass is 10.0. The van der Waals surface area contributed by atoms with Gasteiger partial charge < -0.3 is 20.8 Å². The molecule has 0 bridgehead atoms. The molecule has 1 atom stereocenters. The number of benzene rings is 1. The molecular weight excluding hydrogens is 367 g/mol. The maximum atomic E-state index is 12.9. The van der Waals surface area contributed by atoms with Gasteiger partial charge in [-0.2, -0.15) is 13.2 Å². The van der Waals surface area contributed by atoms with Crippen molar-refractivity contribution in [1.29, 1.82) is 0 Å². The molecule has 0 radical (unpaired) electrons. The van der Waals surface area contributed by atoms with Gasteiger partial charge in [-0.3, -0.25) is 14.5 Å². The molecule has 1 unspecified atom stereocenters. The monoisotopic (exact) mass is 389 g/mol. The van der Waals surface area contributed by atoms with E-state index < -0.39 is 48.9 Å². The highest BCUT2D eigenvalue weighted by Gasteiger charge is 2.33. The van der Waals surface area contributed by atoms with Gasteiger partial charge >= 0.3 is 6.18 Å². The summed E-state index contributed by atoms with van der Waals surface area (Å²) in [6, 6.07) is 3.15. The highest BCUT2D eigenvalue weighted by Crippen LogP contribution is 2.30. The zero-order valence-corrected chi connectivity index (χ0v) is 14.5. The summed E-state index contributed by atoms with van der Waals surface area (Å²) < 4.78 is 38.6. The van der Waals surface area contributed by atoms with Gasteiger partial charge in [0.2, 0.25) is 11.8 Å². The predicted molar refractivity (Wildman–Crippen MR) is 89.4 cm³/mol. The van der Waals surface area contributed by atoms with E-state index in [1.165, 1.54) is 12.1 Å². The Morgan fingerprint density at radius 1 is 1.33 bits per heavy atom. The van der Waals surface area contributed by atoms with E-state index in [0.717, 1.165) is 12.1 Å². The minimum Gasteiger partial charge on any atom is -0.394 e. The highest BCUT2D eigenvalue weighted by molar-refractivity contribution is 5.88. The number of piperazine rings is 1. The van der Waals surface area contributed by atoms with E-state index in [0.29, 0.717) is 18.7 Å². The third-order valence-corrected chi connectivity index (χ3v) is 4.27. The quantitative estimate of drug-likeness (QED) is 0.520. The van der Waals surface area contributed by atoms with Crippen LogP contribution >= 0.6 is 0 Å². The number of rotatable bonds is 7. The Balaban J connectivity index is 2.09. The van der Waals surface area contributed by atoms with Gasteiger partial charge in [0.15, 0.2) is 0 Å². The molecule has 1 aliphatic heterocycles. The first-order valence-corrected chi connectivity index (χ1v) is 8.43. The molecule has 0 spiro atoms. The van der Waals surface area contributed by atoms with Gasteiger partial charge in [-0.15, -0.1) is 0 Å². The summed E-state index contributed by atoms with van der Waals surface area (Å²) in [6.07, 6.45) is -4.69. The second-order valence-electron chi connectivity index (χ2n) is 6.31. The van der Waals surface area contributed by atoms with Crippen LogP contribution in [0.4, 0.5) is 13.2 Å². The Labute approximate surface area is 154 Å². The Bertz CT molecular complexity index is 665. The number of amides is 2. The summed E-state index contributed by atoms with van der Waals surface area (Å²) >= 11 is 0. The van der Waals surface area contributed by atoms with Crippen LogP contribution in [-0.4, -0.2) is 65.3 Å². The fraction of sp³-hybridized carbons (Fsp3) is 0.529. The average molecular weight is 389 g/mol. The number of aliphatic hydroxyl groups excluding tert-OH is 2. The van der Waals surface area contributed by atoms with Crippen LogP contribution in [0.15, 0.2) is 24.3 Å². The van der Waals surface area contributed by atoms with Gasteiger partial charge in [0.25, 0.3) is 0 Å². The van der Waals surface area contributed by atoms with Crippen LogP contribution in [-0.2, 0) is 22.3 Å². The second kappa shape index (κ2) is 9.16. The predicted octanol–water partition coefficient (Wildman–Crippen LogP) is -0.135. The molecule has 1 fully saturated rings. The Morgan fingerprint density at radius 3 is 2.67 bits per heavy atom. The van der Waals surface area contributed by atoms with Crippen molar-refractivity contribution in [2.24, 2.45) is 0 Å². The normalized spacial score (nSPS) is 18.4. The molecule has 1 aromatic rings. The van der Waals surface area contributed by atoms with Gasteiger partial charge in [-0.1, -0.05) is 18.2 Å². The summed E-state index contributed by atoms with van der Waals surface area (Å²) in [7, 11) is 0. The fourth-order valence-corrected chi connectivity index (χ4v) is 2.86. The first-order valence-electron chi connectivity index (χ1n) is 8.43.